The number of esters is 3. The van der Waals surface area contributed by atoms with Crippen molar-refractivity contribution < 1.29 is 56.8 Å². The summed E-state index contributed by atoms with van der Waals surface area (Å²) in [6.45, 7) is 4.24. The van der Waals surface area contributed by atoms with E-state index in [1.54, 1.807) is 0 Å². The summed E-state index contributed by atoms with van der Waals surface area (Å²) >= 11 is 0. The van der Waals surface area contributed by atoms with Crippen molar-refractivity contribution in [1.82, 2.24) is 14.6 Å². The molecule has 1 fully saturated rings. The number of hydrogen-bond acceptors (Lipinski definition) is 12. The molecule has 15 nitrogen and oxygen atoms in total. The van der Waals surface area contributed by atoms with Crippen LogP contribution in [0.15, 0.2) is 18.7 Å². The number of nitrogens with one attached hydrogen (secondary N) is 1. The van der Waals surface area contributed by atoms with Gasteiger partial charge in [0.05, 0.1) is 7.11 Å². The fourth-order valence-electron chi connectivity index (χ4n) is 3.26. The first-order chi connectivity index (χ1) is 16.4. The van der Waals surface area contributed by atoms with E-state index in [-0.39, 0.29) is 0 Å². The van der Waals surface area contributed by atoms with E-state index < -0.39 is 74.9 Å². The van der Waals surface area contributed by atoms with Gasteiger partial charge in [-0.05, 0) is 6.92 Å². The lowest BCUT2D eigenvalue weighted by atomic mass is 9.96. The molecule has 2 heterocycles. The molecule has 0 saturated carbocycles. The van der Waals surface area contributed by atoms with Gasteiger partial charge in [0.1, 0.15) is 31.2 Å². The van der Waals surface area contributed by atoms with Gasteiger partial charge in [0.2, 0.25) is 5.91 Å². The number of rotatable bonds is 10. The Hall–Kier alpha value is -2.84. The second-order valence-electron chi connectivity index (χ2n) is 7.45. The molecular weight excluding hydrogens is 493 g/mol. The van der Waals surface area contributed by atoms with Crippen LogP contribution in [0.5, 0.6) is 0 Å². The van der Waals surface area contributed by atoms with Crippen LogP contribution in [0, 0.1) is 0 Å². The summed E-state index contributed by atoms with van der Waals surface area (Å²) < 4.78 is 45.5. The average molecular weight is 521 g/mol. The predicted molar refractivity (Wildman–Crippen MR) is 113 cm³/mol. The van der Waals surface area contributed by atoms with Crippen molar-refractivity contribution in [3.63, 3.8) is 0 Å². The molecule has 7 atom stereocenters. The fourth-order valence-corrected chi connectivity index (χ4v) is 4.24. The number of hydrogen-bond donors (Lipinski definition) is 2. The van der Waals surface area contributed by atoms with Crippen molar-refractivity contribution in [2.75, 3.05) is 13.7 Å². The predicted octanol–water partition coefficient (Wildman–Crippen LogP) is -0.481. The maximum atomic E-state index is 12.9. The van der Waals surface area contributed by atoms with Gasteiger partial charge in [-0.25, -0.2) is 18.7 Å². The number of methoxy groups -OCH3 is 1. The van der Waals surface area contributed by atoms with Crippen LogP contribution in [0.25, 0.3) is 0 Å². The molecule has 1 amide bonds. The van der Waals surface area contributed by atoms with Crippen LogP contribution in [0.2, 0.25) is 0 Å². The molecule has 1 unspecified atom stereocenters. The van der Waals surface area contributed by atoms with Crippen LogP contribution in [0.4, 0.5) is 0 Å². The number of amides is 1. The molecule has 1 saturated heterocycles. The second kappa shape index (κ2) is 12.2. The van der Waals surface area contributed by atoms with E-state index in [0.717, 1.165) is 38.5 Å². The molecule has 2 N–H and O–H groups in total. The van der Waals surface area contributed by atoms with Crippen molar-refractivity contribution in [1.29, 1.82) is 0 Å². The lowest BCUT2D eigenvalue weighted by molar-refractivity contribution is -0.267. The van der Waals surface area contributed by atoms with Crippen molar-refractivity contribution in [3.8, 4) is 0 Å². The summed E-state index contributed by atoms with van der Waals surface area (Å²) in [5.74, 6) is -2.89. The van der Waals surface area contributed by atoms with Crippen LogP contribution < -0.4 is 5.32 Å². The molecular formula is C19H28N3O12P. The van der Waals surface area contributed by atoms with Crippen LogP contribution in [0.1, 0.15) is 27.7 Å². The van der Waals surface area contributed by atoms with Gasteiger partial charge < -0.3 is 33.9 Å². The largest absolute Gasteiger partial charge is 0.467 e. The smallest absolute Gasteiger partial charge is 0.439 e. The van der Waals surface area contributed by atoms with Gasteiger partial charge in [-0.1, -0.05) is 0 Å². The molecule has 1 aliphatic rings. The molecule has 0 spiro atoms. The zero-order chi connectivity index (χ0) is 26.3. The molecule has 16 heteroatoms. The van der Waals surface area contributed by atoms with E-state index in [4.69, 9.17) is 23.5 Å². The standard InChI is InChI=1S/C19H28N3O12P/c1-10(18(26)29-5)31-17-15(21-11(2)23)19(34-35(27,28)22-7-6-20-9-22)33-14(8-30-12(3)24)16(17)32-13(4)25/h6-7,9-10,14-17,19H,8H2,1-5H3,(H,21,23)(H,27,28)/t10-,14-,15-,16-,17-,19-/m1/s1. The minimum atomic E-state index is -4.63. The average Bonchev–Trinajstić information content (AvgIpc) is 3.31. The summed E-state index contributed by atoms with van der Waals surface area (Å²) in [5.41, 5.74) is 0. The zero-order valence-electron chi connectivity index (χ0n) is 19.7. The lowest BCUT2D eigenvalue weighted by Crippen LogP contribution is -2.66. The number of carbonyl (C=O) groups excluding carboxylic acids is 4. The SMILES string of the molecule is COC(=O)[C@@H](C)O[C@@H]1[C@@H](NC(C)=O)[C@@H](OP(=O)(O)n2ccnc2)O[C@H](COC(C)=O)[C@H]1OC(C)=O. The van der Waals surface area contributed by atoms with Crippen LogP contribution in [-0.4, -0.2) is 88.5 Å². The number of aromatic nitrogens is 2. The molecule has 1 aromatic rings. The summed E-state index contributed by atoms with van der Waals surface area (Å²) in [4.78, 5) is 61.5. The fraction of sp³-hybridized carbons (Fsp3) is 0.632. The third-order valence-corrected chi connectivity index (χ3v) is 5.99. The molecule has 0 aliphatic carbocycles. The highest BCUT2D eigenvalue weighted by molar-refractivity contribution is 7.51. The zero-order valence-corrected chi connectivity index (χ0v) is 20.6. The molecule has 0 bridgehead atoms. The number of imidazole rings is 1. The van der Waals surface area contributed by atoms with E-state index >= 15 is 0 Å². The minimum Gasteiger partial charge on any atom is -0.467 e. The van der Waals surface area contributed by atoms with E-state index in [1.807, 2.05) is 0 Å². The van der Waals surface area contributed by atoms with Gasteiger partial charge in [0.15, 0.2) is 18.5 Å². The Kier molecular flexibility index (Phi) is 9.92. The summed E-state index contributed by atoms with van der Waals surface area (Å²) in [6.07, 6.45) is -3.49. The Bertz CT molecular complexity index is 955. The van der Waals surface area contributed by atoms with Gasteiger partial charge in [0.25, 0.3) is 0 Å². The first-order valence-corrected chi connectivity index (χ1v) is 11.8. The lowest BCUT2D eigenvalue weighted by Gasteiger charge is -2.46. The highest BCUT2D eigenvalue weighted by atomic mass is 31.2. The Balaban J connectivity index is 2.52. The van der Waals surface area contributed by atoms with Gasteiger partial charge in [-0.15, -0.1) is 0 Å². The van der Waals surface area contributed by atoms with Gasteiger partial charge >= 0.3 is 25.7 Å². The third-order valence-electron chi connectivity index (χ3n) is 4.69. The first-order valence-electron chi connectivity index (χ1n) is 10.3. The summed E-state index contributed by atoms with van der Waals surface area (Å²) in [7, 11) is -3.50. The van der Waals surface area contributed by atoms with Crippen LogP contribution >= 0.6 is 7.75 Å². The Morgan fingerprint density at radius 3 is 2.40 bits per heavy atom. The third kappa shape index (κ3) is 7.83. The summed E-state index contributed by atoms with van der Waals surface area (Å²) in [6, 6.07) is -1.37. The Morgan fingerprint density at radius 1 is 1.20 bits per heavy atom. The number of ether oxygens (including phenoxy) is 5. The first kappa shape index (κ1) is 28.4. The number of nitrogens with zero attached hydrogens (tertiary/aromatic N) is 2. The quantitative estimate of drug-likeness (QED) is 0.228. The molecule has 196 valence electrons. The Morgan fingerprint density at radius 2 is 1.89 bits per heavy atom. The normalized spacial score (nSPS) is 26.6. The topological polar surface area (TPSA) is 191 Å². The van der Waals surface area contributed by atoms with Crippen molar-refractivity contribution in [3.05, 3.63) is 18.7 Å². The Labute approximate surface area is 200 Å². The molecule has 1 aliphatic heterocycles. The second-order valence-corrected chi connectivity index (χ2v) is 9.10. The molecule has 2 rings (SSSR count). The molecule has 0 radical (unpaired) electrons. The highest BCUT2D eigenvalue weighted by Gasteiger charge is 2.52. The summed E-state index contributed by atoms with van der Waals surface area (Å²) in [5, 5.41) is 2.48. The molecule has 35 heavy (non-hydrogen) atoms. The van der Waals surface area contributed by atoms with Crippen LogP contribution in [-0.2, 0) is 52.0 Å². The van der Waals surface area contributed by atoms with Gasteiger partial charge in [0, 0.05) is 33.2 Å². The maximum Gasteiger partial charge on any atom is 0.439 e. The minimum absolute atomic E-state index is 0.479. The van der Waals surface area contributed by atoms with Gasteiger partial charge in [-0.3, -0.25) is 18.9 Å². The van der Waals surface area contributed by atoms with Crippen molar-refractivity contribution in [2.24, 2.45) is 0 Å². The van der Waals surface area contributed by atoms with E-state index in [9.17, 15) is 28.6 Å². The van der Waals surface area contributed by atoms with E-state index in [0.29, 0.717) is 0 Å². The molecule has 0 aromatic carbocycles. The van der Waals surface area contributed by atoms with Crippen LogP contribution in [0.3, 0.4) is 0 Å². The highest BCUT2D eigenvalue weighted by Crippen LogP contribution is 2.46. The maximum absolute atomic E-state index is 12.9. The monoisotopic (exact) mass is 521 g/mol. The number of carbonyl (C=O) groups is 4. The van der Waals surface area contributed by atoms with E-state index in [1.165, 1.54) is 19.3 Å². The molecule has 1 aromatic heterocycles. The van der Waals surface area contributed by atoms with Gasteiger partial charge in [-0.2, -0.15) is 0 Å². The van der Waals surface area contributed by atoms with Crippen molar-refractivity contribution >= 4 is 31.6 Å². The van der Waals surface area contributed by atoms with E-state index in [2.05, 4.69) is 15.0 Å². The van der Waals surface area contributed by atoms with Crippen molar-refractivity contribution in [2.45, 2.75) is 64.4 Å².